The van der Waals surface area contributed by atoms with Gasteiger partial charge in [0.05, 0.1) is 11.3 Å². The molecule has 0 spiro atoms. The molecule has 0 aliphatic carbocycles. The Morgan fingerprint density at radius 1 is 0.964 bits per heavy atom. The summed E-state index contributed by atoms with van der Waals surface area (Å²) in [6.45, 7) is 5.64. The summed E-state index contributed by atoms with van der Waals surface area (Å²) in [6, 6.07) is 9.65. The lowest BCUT2D eigenvalue weighted by atomic mass is 10.1. The Hall–Kier alpha value is -2.74. The molecular formula is C19H19ClF3N3O2. The molecule has 0 saturated carbocycles. The van der Waals surface area contributed by atoms with Crippen LogP contribution in [0.3, 0.4) is 0 Å². The molecule has 2 N–H and O–H groups in total. The van der Waals surface area contributed by atoms with Crippen LogP contribution in [0, 0.1) is 0 Å². The lowest BCUT2D eigenvalue weighted by molar-refractivity contribution is -0.137. The fraction of sp³-hybridized carbons (Fsp3) is 0.263. The molecule has 0 aliphatic heterocycles. The van der Waals surface area contributed by atoms with E-state index in [-0.39, 0.29) is 5.02 Å². The molecule has 2 aromatic carbocycles. The first-order valence-corrected chi connectivity index (χ1v) is 8.87. The Morgan fingerprint density at radius 3 is 2.07 bits per heavy atom. The second kappa shape index (κ2) is 8.97. The van der Waals surface area contributed by atoms with Crippen molar-refractivity contribution < 1.29 is 22.8 Å². The van der Waals surface area contributed by atoms with E-state index < -0.39 is 29.2 Å². The lowest BCUT2D eigenvalue weighted by Crippen LogP contribution is -2.30. The van der Waals surface area contributed by atoms with Crippen LogP contribution >= 0.6 is 11.6 Å². The number of carbonyl (C=O) groups excluding carboxylic acids is 2. The predicted octanol–water partition coefficient (Wildman–Crippen LogP) is 4.78. The zero-order valence-electron chi connectivity index (χ0n) is 15.2. The molecule has 0 unspecified atom stereocenters. The number of benzene rings is 2. The van der Waals surface area contributed by atoms with Crippen molar-refractivity contribution in [3.8, 4) is 0 Å². The minimum Gasteiger partial charge on any atom is -0.372 e. The number of hydrogen-bond donors (Lipinski definition) is 2. The van der Waals surface area contributed by atoms with Crippen molar-refractivity contribution in [2.24, 2.45) is 0 Å². The molecule has 5 nitrogen and oxygen atoms in total. The van der Waals surface area contributed by atoms with Crippen LogP contribution in [0.5, 0.6) is 0 Å². The van der Waals surface area contributed by atoms with E-state index >= 15 is 0 Å². The van der Waals surface area contributed by atoms with Crippen molar-refractivity contribution in [3.05, 3.63) is 53.1 Å². The van der Waals surface area contributed by atoms with E-state index in [0.717, 1.165) is 24.8 Å². The minimum atomic E-state index is -4.73. The highest BCUT2D eigenvalue weighted by Gasteiger charge is 2.34. The molecule has 2 aromatic rings. The molecule has 2 rings (SSSR count). The van der Waals surface area contributed by atoms with Crippen molar-refractivity contribution in [3.63, 3.8) is 0 Å². The van der Waals surface area contributed by atoms with Crippen LogP contribution in [0.15, 0.2) is 42.5 Å². The van der Waals surface area contributed by atoms with E-state index in [2.05, 4.69) is 10.2 Å². The lowest BCUT2D eigenvalue weighted by Gasteiger charge is -2.21. The van der Waals surface area contributed by atoms with Crippen molar-refractivity contribution in [1.29, 1.82) is 0 Å². The normalized spacial score (nSPS) is 11.1. The quantitative estimate of drug-likeness (QED) is 0.693. The number of alkyl halides is 3. The number of nitrogens with one attached hydrogen (secondary N) is 2. The van der Waals surface area contributed by atoms with Gasteiger partial charge in [0.2, 0.25) is 0 Å². The summed E-state index contributed by atoms with van der Waals surface area (Å²) in [4.78, 5) is 26.1. The smallest absolute Gasteiger partial charge is 0.372 e. The third-order valence-electron chi connectivity index (χ3n) is 4.00. The van der Waals surface area contributed by atoms with Crippen LogP contribution in [-0.4, -0.2) is 24.9 Å². The van der Waals surface area contributed by atoms with Gasteiger partial charge in [0.25, 0.3) is 0 Å². The Bertz CT molecular complexity index is 850. The highest BCUT2D eigenvalue weighted by molar-refractivity contribution is 6.43. The monoisotopic (exact) mass is 413 g/mol. The zero-order valence-corrected chi connectivity index (χ0v) is 16.0. The fourth-order valence-corrected chi connectivity index (χ4v) is 2.74. The number of amides is 2. The summed E-state index contributed by atoms with van der Waals surface area (Å²) < 4.78 is 39.2. The summed E-state index contributed by atoms with van der Waals surface area (Å²) >= 11 is 5.59. The summed E-state index contributed by atoms with van der Waals surface area (Å²) in [7, 11) is 0. The molecule has 0 radical (unpaired) electrons. The van der Waals surface area contributed by atoms with Crippen molar-refractivity contribution in [2.45, 2.75) is 20.0 Å². The maximum absolute atomic E-state index is 13.1. The molecule has 150 valence electrons. The minimum absolute atomic E-state index is 0.136. The van der Waals surface area contributed by atoms with Gasteiger partial charge in [0.1, 0.15) is 0 Å². The standard InChI is InChI=1S/C19H19ClF3N3O2/c1-3-26(4-2)14-8-6-13(7-9-14)24-17(27)18(28)25-16-10-5-12(20)11-15(16)19(21,22)23/h5-11H,3-4H2,1-2H3,(H,24,27)(H,25,28). The number of halogens is 4. The van der Waals surface area contributed by atoms with Crippen LogP contribution in [0.4, 0.5) is 30.2 Å². The maximum atomic E-state index is 13.1. The number of anilines is 3. The highest BCUT2D eigenvalue weighted by Crippen LogP contribution is 2.36. The van der Waals surface area contributed by atoms with Gasteiger partial charge in [-0.25, -0.2) is 0 Å². The average Bonchev–Trinajstić information content (AvgIpc) is 2.64. The summed E-state index contributed by atoms with van der Waals surface area (Å²) in [5, 5.41) is 4.20. The molecule has 0 aliphatic rings. The van der Waals surface area contributed by atoms with Crippen LogP contribution < -0.4 is 15.5 Å². The third-order valence-corrected chi connectivity index (χ3v) is 4.23. The summed E-state index contributed by atoms with van der Waals surface area (Å²) in [6.07, 6.45) is -4.73. The first-order chi connectivity index (χ1) is 13.2. The van der Waals surface area contributed by atoms with Crippen LogP contribution in [-0.2, 0) is 15.8 Å². The second-order valence-corrected chi connectivity index (χ2v) is 6.25. The SMILES string of the molecule is CCN(CC)c1ccc(NC(=O)C(=O)Nc2ccc(Cl)cc2C(F)(F)F)cc1. The predicted molar refractivity (Wildman–Crippen MR) is 104 cm³/mol. The van der Waals surface area contributed by atoms with Gasteiger partial charge >= 0.3 is 18.0 Å². The number of carbonyl (C=O) groups is 2. The van der Waals surface area contributed by atoms with Crippen LogP contribution in [0.1, 0.15) is 19.4 Å². The van der Waals surface area contributed by atoms with Gasteiger partial charge in [-0.05, 0) is 56.3 Å². The van der Waals surface area contributed by atoms with Crippen LogP contribution in [0.25, 0.3) is 0 Å². The molecule has 0 bridgehead atoms. The average molecular weight is 414 g/mol. The van der Waals surface area contributed by atoms with E-state index in [0.29, 0.717) is 11.8 Å². The highest BCUT2D eigenvalue weighted by atomic mass is 35.5. The Kier molecular flexibility index (Phi) is 6.90. The van der Waals surface area contributed by atoms with Gasteiger partial charge in [0.15, 0.2) is 0 Å². The third kappa shape index (κ3) is 5.39. The van der Waals surface area contributed by atoms with E-state index in [9.17, 15) is 22.8 Å². The number of rotatable bonds is 5. The number of nitrogens with zero attached hydrogens (tertiary/aromatic N) is 1. The van der Waals surface area contributed by atoms with Gasteiger partial charge in [-0.3, -0.25) is 9.59 Å². The Morgan fingerprint density at radius 2 is 1.54 bits per heavy atom. The molecule has 28 heavy (non-hydrogen) atoms. The van der Waals surface area contributed by atoms with E-state index in [1.165, 1.54) is 6.07 Å². The Balaban J connectivity index is 2.09. The number of hydrogen-bond acceptors (Lipinski definition) is 3. The molecule has 0 fully saturated rings. The van der Waals surface area contributed by atoms with Crippen molar-refractivity contribution >= 4 is 40.5 Å². The maximum Gasteiger partial charge on any atom is 0.418 e. The van der Waals surface area contributed by atoms with Gasteiger partial charge in [-0.2, -0.15) is 13.2 Å². The van der Waals surface area contributed by atoms with Crippen molar-refractivity contribution in [1.82, 2.24) is 0 Å². The van der Waals surface area contributed by atoms with Crippen LogP contribution in [0.2, 0.25) is 5.02 Å². The molecule has 0 heterocycles. The topological polar surface area (TPSA) is 61.4 Å². The van der Waals surface area contributed by atoms with Gasteiger partial charge in [-0.1, -0.05) is 11.6 Å². The zero-order chi connectivity index (χ0) is 20.9. The molecule has 9 heteroatoms. The molecule has 0 aromatic heterocycles. The van der Waals surface area contributed by atoms with Gasteiger partial charge in [-0.15, -0.1) is 0 Å². The first kappa shape index (κ1) is 21.6. The largest absolute Gasteiger partial charge is 0.418 e. The van der Waals surface area contributed by atoms with Gasteiger partial charge < -0.3 is 15.5 Å². The summed E-state index contributed by atoms with van der Waals surface area (Å²) in [5.41, 5.74) is -0.384. The van der Waals surface area contributed by atoms with Crippen molar-refractivity contribution in [2.75, 3.05) is 28.6 Å². The van der Waals surface area contributed by atoms with Gasteiger partial charge in [0, 0.05) is 29.5 Å². The Labute approximate surface area is 165 Å². The second-order valence-electron chi connectivity index (χ2n) is 5.82. The van der Waals surface area contributed by atoms with E-state index in [4.69, 9.17) is 11.6 Å². The molecule has 0 saturated heterocycles. The fourth-order valence-electron chi connectivity index (χ4n) is 2.57. The molecular weight excluding hydrogens is 395 g/mol. The molecule has 2 amide bonds. The first-order valence-electron chi connectivity index (χ1n) is 8.49. The molecule has 0 atom stereocenters. The van der Waals surface area contributed by atoms with E-state index in [1.54, 1.807) is 24.3 Å². The van der Waals surface area contributed by atoms with E-state index in [1.807, 2.05) is 19.2 Å². The summed E-state index contributed by atoms with van der Waals surface area (Å²) in [5.74, 6) is -2.31.